The van der Waals surface area contributed by atoms with E-state index in [0.29, 0.717) is 6.04 Å². The van der Waals surface area contributed by atoms with Crippen molar-refractivity contribution >= 4 is 27.1 Å². The average Bonchev–Trinajstić information content (AvgIpc) is 3.17. The molecule has 7 heteroatoms. The number of hydrogen-bond acceptors (Lipinski definition) is 6. The molecular weight excluding hydrogens is 334 g/mol. The van der Waals surface area contributed by atoms with Crippen molar-refractivity contribution in [1.29, 1.82) is 0 Å². The molecule has 0 radical (unpaired) electrons. The Morgan fingerprint density at radius 1 is 1.24 bits per heavy atom. The largest absolute Gasteiger partial charge is 0.393 e. The van der Waals surface area contributed by atoms with Gasteiger partial charge in [0.2, 0.25) is 10.1 Å². The van der Waals surface area contributed by atoms with Crippen LogP contribution in [0.3, 0.4) is 0 Å². The Morgan fingerprint density at radius 3 is 2.80 bits per heavy atom. The molecular formula is C18H23N5OS. The van der Waals surface area contributed by atoms with Gasteiger partial charge >= 0.3 is 0 Å². The monoisotopic (exact) mass is 357 g/mol. The van der Waals surface area contributed by atoms with Gasteiger partial charge in [-0.25, -0.2) is 9.50 Å². The van der Waals surface area contributed by atoms with E-state index in [9.17, 15) is 5.11 Å². The zero-order valence-electron chi connectivity index (χ0n) is 14.5. The van der Waals surface area contributed by atoms with Crippen LogP contribution < -0.4 is 10.2 Å². The molecule has 0 bridgehead atoms. The third-order valence-electron chi connectivity index (χ3n) is 4.77. The van der Waals surface area contributed by atoms with Crippen LogP contribution in [0.2, 0.25) is 0 Å². The first kappa shape index (κ1) is 16.4. The molecule has 25 heavy (non-hydrogen) atoms. The Balaban J connectivity index is 1.59. The van der Waals surface area contributed by atoms with E-state index in [0.717, 1.165) is 52.7 Å². The second kappa shape index (κ2) is 6.65. The SMILES string of the molecule is CN(C)c1cccc(-c2cnc3sc(NC4CCC(O)CC4)nn23)c1. The fraction of sp³-hybridized carbons (Fsp3) is 0.444. The molecule has 0 atom stereocenters. The number of fused-ring (bicyclic) bond motifs is 1. The number of nitrogens with one attached hydrogen (secondary N) is 1. The molecule has 2 aromatic heterocycles. The number of aliphatic hydroxyl groups is 1. The minimum absolute atomic E-state index is 0.137. The summed E-state index contributed by atoms with van der Waals surface area (Å²) in [4.78, 5) is 7.50. The van der Waals surface area contributed by atoms with Gasteiger partial charge in [0.1, 0.15) is 0 Å². The lowest BCUT2D eigenvalue weighted by Crippen LogP contribution is -2.28. The van der Waals surface area contributed by atoms with Crippen LogP contribution >= 0.6 is 11.3 Å². The molecule has 2 N–H and O–H groups in total. The number of benzene rings is 1. The second-order valence-electron chi connectivity index (χ2n) is 6.84. The van der Waals surface area contributed by atoms with Crippen LogP contribution in [0.15, 0.2) is 30.5 Å². The lowest BCUT2D eigenvalue weighted by Gasteiger charge is -2.25. The van der Waals surface area contributed by atoms with E-state index in [4.69, 9.17) is 5.10 Å². The zero-order chi connectivity index (χ0) is 17.4. The summed E-state index contributed by atoms with van der Waals surface area (Å²) in [6, 6.07) is 8.78. The lowest BCUT2D eigenvalue weighted by molar-refractivity contribution is 0.126. The summed E-state index contributed by atoms with van der Waals surface area (Å²) in [5, 5.41) is 18.8. The van der Waals surface area contributed by atoms with E-state index in [2.05, 4.69) is 39.5 Å². The van der Waals surface area contributed by atoms with Crippen LogP contribution in [-0.2, 0) is 0 Å². The van der Waals surface area contributed by atoms with Crippen molar-refractivity contribution in [3.63, 3.8) is 0 Å². The summed E-state index contributed by atoms with van der Waals surface area (Å²) in [6.07, 6.45) is 5.45. The van der Waals surface area contributed by atoms with Crippen molar-refractivity contribution in [3.05, 3.63) is 30.5 Å². The van der Waals surface area contributed by atoms with Gasteiger partial charge in [-0.15, -0.1) is 5.10 Å². The highest BCUT2D eigenvalue weighted by atomic mass is 32.1. The van der Waals surface area contributed by atoms with Gasteiger partial charge in [0, 0.05) is 31.4 Å². The molecule has 4 rings (SSSR count). The van der Waals surface area contributed by atoms with Gasteiger partial charge in [0.05, 0.1) is 18.0 Å². The van der Waals surface area contributed by atoms with E-state index in [-0.39, 0.29) is 6.10 Å². The van der Waals surface area contributed by atoms with Gasteiger partial charge in [0.25, 0.3) is 0 Å². The molecule has 3 aromatic rings. The van der Waals surface area contributed by atoms with Crippen LogP contribution in [0, 0.1) is 0 Å². The zero-order valence-corrected chi connectivity index (χ0v) is 15.3. The van der Waals surface area contributed by atoms with Crippen molar-refractivity contribution in [1.82, 2.24) is 14.6 Å². The summed E-state index contributed by atoms with van der Waals surface area (Å²) in [5.41, 5.74) is 3.26. The van der Waals surface area contributed by atoms with Crippen molar-refractivity contribution < 1.29 is 5.11 Å². The fourth-order valence-electron chi connectivity index (χ4n) is 3.29. The number of hydrogen-bond donors (Lipinski definition) is 2. The highest BCUT2D eigenvalue weighted by Gasteiger charge is 2.21. The summed E-state index contributed by atoms with van der Waals surface area (Å²) in [7, 11) is 4.08. The molecule has 0 aliphatic heterocycles. The van der Waals surface area contributed by atoms with E-state index in [1.54, 1.807) is 11.3 Å². The Kier molecular flexibility index (Phi) is 4.35. The number of anilines is 2. The van der Waals surface area contributed by atoms with Gasteiger partial charge in [-0.2, -0.15) is 0 Å². The number of aromatic nitrogens is 3. The van der Waals surface area contributed by atoms with E-state index in [1.807, 2.05) is 24.8 Å². The van der Waals surface area contributed by atoms with E-state index in [1.165, 1.54) is 0 Å². The van der Waals surface area contributed by atoms with Crippen LogP contribution in [0.5, 0.6) is 0 Å². The summed E-state index contributed by atoms with van der Waals surface area (Å²) in [6.45, 7) is 0. The fourth-order valence-corrected chi connectivity index (χ4v) is 4.14. The van der Waals surface area contributed by atoms with Gasteiger partial charge in [-0.1, -0.05) is 23.5 Å². The van der Waals surface area contributed by atoms with Crippen LogP contribution in [0.1, 0.15) is 25.7 Å². The first-order valence-electron chi connectivity index (χ1n) is 8.67. The van der Waals surface area contributed by atoms with Crippen LogP contribution in [-0.4, -0.2) is 45.9 Å². The highest BCUT2D eigenvalue weighted by Crippen LogP contribution is 2.29. The first-order chi connectivity index (χ1) is 12.1. The molecule has 0 saturated heterocycles. The molecule has 0 amide bonds. The Labute approximate surface area is 151 Å². The topological polar surface area (TPSA) is 65.7 Å². The first-order valence-corrected chi connectivity index (χ1v) is 9.49. The third-order valence-corrected chi connectivity index (χ3v) is 5.62. The normalized spacial score (nSPS) is 20.8. The van der Waals surface area contributed by atoms with Crippen molar-refractivity contribution in [3.8, 4) is 11.3 Å². The molecule has 0 spiro atoms. The van der Waals surface area contributed by atoms with Crippen LogP contribution in [0.25, 0.3) is 16.2 Å². The number of nitrogens with zero attached hydrogens (tertiary/aromatic N) is 4. The molecule has 1 saturated carbocycles. The summed E-state index contributed by atoms with van der Waals surface area (Å²) in [5.74, 6) is 0. The van der Waals surface area contributed by atoms with Crippen LogP contribution in [0.4, 0.5) is 10.8 Å². The molecule has 6 nitrogen and oxygen atoms in total. The highest BCUT2D eigenvalue weighted by molar-refractivity contribution is 7.20. The van der Waals surface area contributed by atoms with Crippen molar-refractivity contribution in [2.75, 3.05) is 24.3 Å². The number of aliphatic hydroxyl groups excluding tert-OH is 1. The van der Waals surface area contributed by atoms with Crippen molar-refractivity contribution in [2.45, 2.75) is 37.8 Å². The Hall–Kier alpha value is -2.12. The summed E-state index contributed by atoms with van der Waals surface area (Å²) < 4.78 is 1.92. The lowest BCUT2D eigenvalue weighted by atomic mass is 9.93. The molecule has 1 fully saturated rings. The maximum atomic E-state index is 9.64. The summed E-state index contributed by atoms with van der Waals surface area (Å²) >= 11 is 1.57. The second-order valence-corrected chi connectivity index (χ2v) is 7.80. The Bertz CT molecular complexity index is 863. The Morgan fingerprint density at radius 2 is 2.04 bits per heavy atom. The molecule has 132 valence electrons. The minimum Gasteiger partial charge on any atom is -0.393 e. The maximum absolute atomic E-state index is 9.64. The average molecular weight is 357 g/mol. The number of rotatable bonds is 4. The predicted molar refractivity (Wildman–Crippen MR) is 103 cm³/mol. The van der Waals surface area contributed by atoms with Gasteiger partial charge < -0.3 is 15.3 Å². The van der Waals surface area contributed by atoms with Gasteiger partial charge in [-0.3, -0.25) is 0 Å². The minimum atomic E-state index is -0.137. The van der Waals surface area contributed by atoms with Crippen molar-refractivity contribution in [2.24, 2.45) is 0 Å². The molecule has 1 aliphatic rings. The van der Waals surface area contributed by atoms with E-state index >= 15 is 0 Å². The van der Waals surface area contributed by atoms with E-state index < -0.39 is 0 Å². The third kappa shape index (κ3) is 3.34. The molecule has 1 aliphatic carbocycles. The van der Waals surface area contributed by atoms with Gasteiger partial charge in [-0.05, 0) is 37.8 Å². The molecule has 0 unspecified atom stereocenters. The molecule has 2 heterocycles. The van der Waals surface area contributed by atoms with Gasteiger partial charge in [0.15, 0.2) is 0 Å². The predicted octanol–water partition coefficient (Wildman–Crippen LogP) is 3.24. The standard InChI is InChI=1S/C18H23N5OS/c1-22(2)14-5-3-4-12(10-14)16-11-19-18-23(16)21-17(25-18)20-13-6-8-15(24)9-7-13/h3-5,10-11,13,15,24H,6-9H2,1-2H3,(H,20,21). The maximum Gasteiger partial charge on any atom is 0.214 e. The molecule has 1 aromatic carbocycles. The number of imidazole rings is 1. The quantitative estimate of drug-likeness (QED) is 0.750. The smallest absolute Gasteiger partial charge is 0.214 e.